The van der Waals surface area contributed by atoms with E-state index in [1.807, 2.05) is 0 Å². The molecule has 0 saturated carbocycles. The Morgan fingerprint density at radius 3 is 2.17 bits per heavy atom. The molecule has 6 heavy (non-hydrogen) atoms. The summed E-state index contributed by atoms with van der Waals surface area (Å²) in [6, 6.07) is 0. The Morgan fingerprint density at radius 2 is 2.17 bits per heavy atom. The molecule has 3 heteroatoms. The quantitative estimate of drug-likeness (QED) is 0.322. The van der Waals surface area contributed by atoms with Crippen LogP contribution in [0.25, 0.3) is 0 Å². The summed E-state index contributed by atoms with van der Waals surface area (Å²) in [6.07, 6.45) is 2.20. The zero-order valence-corrected chi connectivity index (χ0v) is 5.63. The van der Waals surface area contributed by atoms with Crippen molar-refractivity contribution >= 4 is 10.2 Å². The van der Waals surface area contributed by atoms with E-state index in [0.717, 1.165) is 6.26 Å². The first-order valence-corrected chi connectivity index (χ1v) is 2.92. The molecular formula is C3H8O2Si. The zero-order valence-electron chi connectivity index (χ0n) is 3.63. The molecule has 0 fully saturated rings. The van der Waals surface area contributed by atoms with Crippen LogP contribution in [-0.2, 0) is 0 Å². The number of aliphatic hydroxyl groups excluding tert-OH is 2. The van der Waals surface area contributed by atoms with E-state index < -0.39 is 5.73 Å². The maximum Gasteiger partial charge on any atom is 0.0773 e. The molecule has 0 aromatic carbocycles. The van der Waals surface area contributed by atoms with Crippen LogP contribution in [0.3, 0.4) is 0 Å². The molecule has 2 nitrogen and oxygen atoms in total. The molecule has 0 aliphatic carbocycles. The summed E-state index contributed by atoms with van der Waals surface area (Å²) >= 11 is 0. The molecule has 0 aromatic rings. The third-order valence-corrected chi connectivity index (χ3v) is 0.749. The highest BCUT2D eigenvalue weighted by molar-refractivity contribution is 6.11. The highest BCUT2D eigenvalue weighted by atomic mass is 28.1. The Balaban J connectivity index is 3.03. The van der Waals surface area contributed by atoms with Gasteiger partial charge in [-0.25, -0.2) is 0 Å². The highest BCUT2D eigenvalue weighted by Gasteiger charge is 1.79. The van der Waals surface area contributed by atoms with E-state index in [1.165, 1.54) is 6.08 Å². The fourth-order valence-corrected chi connectivity index (χ4v) is 0.297. The van der Waals surface area contributed by atoms with Crippen molar-refractivity contribution in [3.05, 3.63) is 12.3 Å². The van der Waals surface area contributed by atoms with Crippen LogP contribution in [0.15, 0.2) is 12.3 Å². The molecule has 0 bridgehead atoms. The minimum absolute atomic E-state index is 0.394. The second kappa shape index (κ2) is 2.93. The maximum absolute atomic E-state index is 8.37. The lowest BCUT2D eigenvalue weighted by Crippen LogP contribution is -1.98. The minimum atomic E-state index is -0.394. The summed E-state index contributed by atoms with van der Waals surface area (Å²) in [6.45, 7) is 0. The molecule has 0 amide bonds. The predicted molar refractivity (Wildman–Crippen MR) is 27.7 cm³/mol. The van der Waals surface area contributed by atoms with E-state index in [-0.39, 0.29) is 0 Å². The molecule has 0 saturated heterocycles. The Hall–Kier alpha value is -0.283. The smallest absolute Gasteiger partial charge is 0.0773 e. The number of rotatable bonds is 1. The first-order valence-electron chi connectivity index (χ1n) is 1.76. The van der Waals surface area contributed by atoms with Gasteiger partial charge in [0, 0.05) is 10.2 Å². The predicted octanol–water partition coefficient (Wildman–Crippen LogP) is -1.26. The summed E-state index contributed by atoms with van der Waals surface area (Å²) in [4.78, 5) is 0. The molecule has 36 valence electrons. The summed E-state index contributed by atoms with van der Waals surface area (Å²) in [5, 5.41) is 16.3. The van der Waals surface area contributed by atoms with Gasteiger partial charge in [0.2, 0.25) is 0 Å². The molecule has 0 aromatic heterocycles. The van der Waals surface area contributed by atoms with Crippen molar-refractivity contribution in [3.63, 3.8) is 0 Å². The molecule has 0 rings (SSSR count). The van der Waals surface area contributed by atoms with E-state index >= 15 is 0 Å². The van der Waals surface area contributed by atoms with Crippen LogP contribution < -0.4 is 0 Å². The largest absolute Gasteiger partial charge is 0.516 e. The second-order valence-electron chi connectivity index (χ2n) is 1.08. The van der Waals surface area contributed by atoms with Crippen molar-refractivity contribution in [3.8, 4) is 0 Å². The lowest BCUT2D eigenvalue weighted by molar-refractivity contribution is 0.298. The Morgan fingerprint density at radius 1 is 1.67 bits per heavy atom. The molecule has 0 radical (unpaired) electrons. The van der Waals surface area contributed by atoms with Gasteiger partial charge in [-0.15, -0.1) is 0 Å². The van der Waals surface area contributed by atoms with Gasteiger partial charge in [0.1, 0.15) is 0 Å². The van der Waals surface area contributed by atoms with Crippen molar-refractivity contribution < 1.29 is 10.2 Å². The Labute approximate surface area is 39.5 Å². The molecule has 0 spiro atoms. The van der Waals surface area contributed by atoms with Crippen LogP contribution in [0.4, 0.5) is 0 Å². The van der Waals surface area contributed by atoms with Gasteiger partial charge in [-0.2, -0.15) is 0 Å². The lowest BCUT2D eigenvalue weighted by atomic mass is 10.7. The van der Waals surface area contributed by atoms with Crippen molar-refractivity contribution in [1.82, 2.24) is 0 Å². The van der Waals surface area contributed by atoms with Gasteiger partial charge in [-0.05, 0) is 6.08 Å². The Bertz CT molecular complexity index is 50.8. The molecule has 2 N–H and O–H groups in total. The van der Waals surface area contributed by atoms with Gasteiger partial charge in [-0.1, -0.05) is 0 Å². The van der Waals surface area contributed by atoms with Crippen molar-refractivity contribution in [2.75, 3.05) is 0 Å². The summed E-state index contributed by atoms with van der Waals surface area (Å²) in [5.74, 6) is 0. The van der Waals surface area contributed by atoms with Crippen LogP contribution in [0, 0.1) is 0 Å². The highest BCUT2D eigenvalue weighted by Crippen LogP contribution is 1.71. The lowest BCUT2D eigenvalue weighted by Gasteiger charge is -1.86. The van der Waals surface area contributed by atoms with Crippen LogP contribution in [0.1, 0.15) is 0 Å². The van der Waals surface area contributed by atoms with Crippen LogP contribution in [-0.4, -0.2) is 26.2 Å². The maximum atomic E-state index is 8.37. The monoisotopic (exact) mass is 104 g/mol. The number of aliphatic hydroxyl groups is 2. The molecular weight excluding hydrogens is 96.1 g/mol. The van der Waals surface area contributed by atoms with E-state index in [9.17, 15) is 0 Å². The van der Waals surface area contributed by atoms with Crippen LogP contribution in [0.2, 0.25) is 0 Å². The molecule has 1 atom stereocenters. The average molecular weight is 104 g/mol. The zero-order chi connectivity index (χ0) is 4.99. The van der Waals surface area contributed by atoms with Gasteiger partial charge in [0.25, 0.3) is 0 Å². The standard InChI is InChI=1S/C3H8O2Si/c4-2-1-3(5)6/h1-5H,6H3. The van der Waals surface area contributed by atoms with Crippen molar-refractivity contribution in [1.29, 1.82) is 0 Å². The van der Waals surface area contributed by atoms with Crippen molar-refractivity contribution in [2.24, 2.45) is 0 Å². The van der Waals surface area contributed by atoms with Crippen molar-refractivity contribution in [2.45, 2.75) is 5.73 Å². The summed E-state index contributed by atoms with van der Waals surface area (Å²) < 4.78 is 0. The van der Waals surface area contributed by atoms with Gasteiger partial charge in [-0.3, -0.25) is 0 Å². The second-order valence-corrected chi connectivity index (χ2v) is 2.27. The molecule has 0 aliphatic heterocycles. The van der Waals surface area contributed by atoms with E-state index in [4.69, 9.17) is 10.2 Å². The summed E-state index contributed by atoms with van der Waals surface area (Å²) in [5.41, 5.74) is -0.394. The van der Waals surface area contributed by atoms with E-state index in [2.05, 4.69) is 0 Å². The minimum Gasteiger partial charge on any atom is -0.516 e. The fourth-order valence-electron chi connectivity index (χ4n) is 0.125. The first-order chi connectivity index (χ1) is 2.77. The average Bonchev–Trinajstić information content (AvgIpc) is 1.35. The van der Waals surface area contributed by atoms with Gasteiger partial charge < -0.3 is 10.2 Å². The summed E-state index contributed by atoms with van der Waals surface area (Å²) in [7, 11) is 0.687. The third-order valence-electron chi connectivity index (χ3n) is 0.365. The van der Waals surface area contributed by atoms with Gasteiger partial charge in [0.05, 0.1) is 12.0 Å². The van der Waals surface area contributed by atoms with Gasteiger partial charge >= 0.3 is 0 Å². The molecule has 1 unspecified atom stereocenters. The first kappa shape index (κ1) is 5.72. The third kappa shape index (κ3) is 3.72. The SMILES string of the molecule is OC=CC(O)[SiH3]. The Kier molecular flexibility index (Phi) is 2.79. The molecule has 0 aliphatic rings. The van der Waals surface area contributed by atoms with Crippen LogP contribution >= 0.6 is 0 Å². The van der Waals surface area contributed by atoms with E-state index in [1.54, 1.807) is 0 Å². The fraction of sp³-hybridized carbons (Fsp3) is 0.333. The number of hydrogen-bond donors (Lipinski definition) is 2. The normalized spacial score (nSPS) is 16.2. The molecule has 0 heterocycles. The topological polar surface area (TPSA) is 40.5 Å². The van der Waals surface area contributed by atoms with E-state index in [0.29, 0.717) is 10.2 Å². The van der Waals surface area contributed by atoms with Gasteiger partial charge in [0.15, 0.2) is 0 Å². The van der Waals surface area contributed by atoms with Crippen LogP contribution in [0.5, 0.6) is 0 Å². The number of hydrogen-bond acceptors (Lipinski definition) is 2.